The fourth-order valence-corrected chi connectivity index (χ4v) is 5.52. The third-order valence-corrected chi connectivity index (χ3v) is 7.43. The lowest BCUT2D eigenvalue weighted by atomic mass is 9.85. The van der Waals surface area contributed by atoms with Crippen LogP contribution in [0.1, 0.15) is 39.4 Å². The Hall–Kier alpha value is -2.41. The highest BCUT2D eigenvalue weighted by Gasteiger charge is 2.34. The molecule has 2 aliphatic rings. The van der Waals surface area contributed by atoms with Crippen LogP contribution in [0.4, 0.5) is 19.9 Å². The number of fused-ring (bicyclic) bond motifs is 1. The Bertz CT molecular complexity index is 1120. The first-order chi connectivity index (χ1) is 15.6. The second-order valence-electron chi connectivity index (χ2n) is 8.86. The summed E-state index contributed by atoms with van der Waals surface area (Å²) in [4.78, 5) is 39.9. The third kappa shape index (κ3) is 5.24. The molecule has 1 saturated heterocycles. The maximum Gasteiger partial charge on any atom is 0.317 e. The molecule has 4 N–H and O–H groups in total. The van der Waals surface area contributed by atoms with E-state index in [0.717, 1.165) is 14.9 Å². The average Bonchev–Trinajstić information content (AvgIpc) is 3.28. The van der Waals surface area contributed by atoms with Gasteiger partial charge < -0.3 is 26.2 Å². The molecule has 0 atom stereocenters. The van der Waals surface area contributed by atoms with Crippen LogP contribution in [0.5, 0.6) is 0 Å². The molecule has 0 radical (unpaired) electrons. The number of nitrogens with zero attached hydrogens (tertiary/aromatic N) is 1. The zero-order chi connectivity index (χ0) is 23.8. The van der Waals surface area contributed by atoms with Gasteiger partial charge in [0.25, 0.3) is 11.8 Å². The third-order valence-electron chi connectivity index (χ3n) is 5.61. The highest BCUT2D eigenvalue weighted by molar-refractivity contribution is 14.1. The molecule has 4 rings (SSSR count). The molecule has 8 nitrogen and oxygen atoms in total. The number of amides is 4. The summed E-state index contributed by atoms with van der Waals surface area (Å²) in [6, 6.07) is 4.63. The molecule has 4 amide bonds. The van der Waals surface area contributed by atoms with Gasteiger partial charge in [-0.05, 0) is 58.2 Å². The molecule has 11 heteroatoms. The highest BCUT2D eigenvalue weighted by atomic mass is 127. The molecule has 0 aliphatic carbocycles. The van der Waals surface area contributed by atoms with Gasteiger partial charge in [-0.3, -0.25) is 9.59 Å². The van der Waals surface area contributed by atoms with Crippen LogP contribution in [-0.2, 0) is 6.42 Å². The summed E-state index contributed by atoms with van der Waals surface area (Å²) in [6.45, 7) is 6.38. The van der Waals surface area contributed by atoms with Gasteiger partial charge in [0.15, 0.2) is 0 Å². The van der Waals surface area contributed by atoms with Crippen LogP contribution in [-0.4, -0.2) is 55.5 Å². The molecule has 2 aromatic rings. The van der Waals surface area contributed by atoms with Crippen molar-refractivity contribution < 1.29 is 18.8 Å². The Labute approximate surface area is 208 Å². The molecule has 1 fully saturated rings. The number of nitrogens with one attached hydrogen (secondary N) is 4. The zero-order valence-electron chi connectivity index (χ0n) is 18.3. The number of urea groups is 1. The fourth-order valence-electron chi connectivity index (χ4n) is 3.92. The number of thiophene rings is 1. The molecule has 0 spiro atoms. The van der Waals surface area contributed by atoms with E-state index >= 15 is 0 Å². The van der Waals surface area contributed by atoms with Gasteiger partial charge >= 0.3 is 6.03 Å². The lowest BCUT2D eigenvalue weighted by Gasteiger charge is -2.22. The minimum atomic E-state index is -0.443. The SMILES string of the molecule is CC1(C)CNC(=O)c2sc(Nc3ccc(I)cc3F)c(C(=O)NCCN3CCNC3=O)c2C1. The molecule has 33 heavy (non-hydrogen) atoms. The van der Waals surface area contributed by atoms with Crippen LogP contribution in [0.2, 0.25) is 0 Å². The smallest absolute Gasteiger partial charge is 0.317 e. The largest absolute Gasteiger partial charge is 0.351 e. The van der Waals surface area contributed by atoms with E-state index in [0.29, 0.717) is 53.6 Å². The van der Waals surface area contributed by atoms with Crippen molar-refractivity contribution in [1.29, 1.82) is 0 Å². The number of carbonyl (C=O) groups is 3. The van der Waals surface area contributed by atoms with Gasteiger partial charge in [-0.15, -0.1) is 11.3 Å². The summed E-state index contributed by atoms with van der Waals surface area (Å²) in [6.07, 6.45) is 0.520. The van der Waals surface area contributed by atoms with E-state index in [9.17, 15) is 18.8 Å². The summed E-state index contributed by atoms with van der Waals surface area (Å²) >= 11 is 3.18. The lowest BCUT2D eigenvalue weighted by Crippen LogP contribution is -2.37. The second-order valence-corrected chi connectivity index (χ2v) is 11.1. The Kier molecular flexibility index (Phi) is 6.80. The zero-order valence-corrected chi connectivity index (χ0v) is 21.3. The van der Waals surface area contributed by atoms with Crippen molar-refractivity contribution in [3.8, 4) is 0 Å². The van der Waals surface area contributed by atoms with Gasteiger partial charge in [-0.2, -0.15) is 0 Å². The maximum absolute atomic E-state index is 14.5. The number of benzene rings is 1. The Balaban J connectivity index is 1.65. The molecule has 2 aliphatic heterocycles. The van der Waals surface area contributed by atoms with Crippen LogP contribution in [0.3, 0.4) is 0 Å². The topological polar surface area (TPSA) is 103 Å². The number of rotatable bonds is 6. The predicted molar refractivity (Wildman–Crippen MR) is 134 cm³/mol. The van der Waals surface area contributed by atoms with E-state index in [-0.39, 0.29) is 35.5 Å². The molecule has 0 unspecified atom stereocenters. The number of hydrogen-bond acceptors (Lipinski definition) is 5. The molecule has 0 saturated carbocycles. The minimum absolute atomic E-state index is 0.149. The summed E-state index contributed by atoms with van der Waals surface area (Å²) in [5, 5.41) is 12.0. The van der Waals surface area contributed by atoms with Crippen LogP contribution < -0.4 is 21.3 Å². The monoisotopic (exact) mass is 585 g/mol. The summed E-state index contributed by atoms with van der Waals surface area (Å²) < 4.78 is 15.3. The molecule has 3 heterocycles. The van der Waals surface area contributed by atoms with Crippen molar-refractivity contribution in [2.24, 2.45) is 5.41 Å². The molecular formula is C22H25FIN5O3S. The van der Waals surface area contributed by atoms with Gasteiger partial charge in [0, 0.05) is 36.3 Å². The van der Waals surface area contributed by atoms with Gasteiger partial charge in [0.05, 0.1) is 16.1 Å². The van der Waals surface area contributed by atoms with E-state index in [1.807, 2.05) is 36.4 Å². The van der Waals surface area contributed by atoms with Gasteiger partial charge in [-0.25, -0.2) is 9.18 Å². The molecular weight excluding hydrogens is 560 g/mol. The second kappa shape index (κ2) is 9.45. The van der Waals surface area contributed by atoms with E-state index < -0.39 is 5.82 Å². The van der Waals surface area contributed by atoms with Crippen LogP contribution in [0.25, 0.3) is 0 Å². The number of hydrogen-bond donors (Lipinski definition) is 4. The maximum atomic E-state index is 14.5. The Morgan fingerprint density at radius 3 is 2.79 bits per heavy atom. The molecule has 1 aromatic heterocycles. The first-order valence-corrected chi connectivity index (χ1v) is 12.5. The van der Waals surface area contributed by atoms with Gasteiger partial charge in [0.1, 0.15) is 10.8 Å². The van der Waals surface area contributed by atoms with Crippen molar-refractivity contribution in [3.05, 3.63) is 43.6 Å². The summed E-state index contributed by atoms with van der Waals surface area (Å²) in [7, 11) is 0. The van der Waals surface area contributed by atoms with Crippen molar-refractivity contribution >= 4 is 62.5 Å². The van der Waals surface area contributed by atoms with E-state index in [2.05, 4.69) is 21.3 Å². The quantitative estimate of drug-likeness (QED) is 0.391. The molecule has 176 valence electrons. The number of anilines is 2. The van der Waals surface area contributed by atoms with Gasteiger partial charge in [-0.1, -0.05) is 13.8 Å². The van der Waals surface area contributed by atoms with Crippen LogP contribution in [0, 0.1) is 14.8 Å². The van der Waals surface area contributed by atoms with Gasteiger partial charge in [0.2, 0.25) is 0 Å². The number of carbonyl (C=O) groups excluding carboxylic acids is 3. The highest BCUT2D eigenvalue weighted by Crippen LogP contribution is 2.40. The predicted octanol–water partition coefficient (Wildman–Crippen LogP) is 3.30. The van der Waals surface area contributed by atoms with Crippen molar-refractivity contribution in [1.82, 2.24) is 20.9 Å². The summed E-state index contributed by atoms with van der Waals surface area (Å²) in [5.41, 5.74) is 0.985. The van der Waals surface area contributed by atoms with E-state index in [1.165, 1.54) is 6.07 Å². The van der Waals surface area contributed by atoms with E-state index in [1.54, 1.807) is 17.0 Å². The van der Waals surface area contributed by atoms with E-state index in [4.69, 9.17) is 0 Å². The Morgan fingerprint density at radius 1 is 1.30 bits per heavy atom. The van der Waals surface area contributed by atoms with Crippen LogP contribution >= 0.6 is 33.9 Å². The van der Waals surface area contributed by atoms with Crippen molar-refractivity contribution in [2.75, 3.05) is 38.0 Å². The fraction of sp³-hybridized carbons (Fsp3) is 0.409. The molecule has 1 aromatic carbocycles. The first kappa shape index (κ1) is 23.7. The normalized spacial score (nSPS) is 17.2. The van der Waals surface area contributed by atoms with Crippen molar-refractivity contribution in [2.45, 2.75) is 20.3 Å². The van der Waals surface area contributed by atoms with Crippen LogP contribution in [0.15, 0.2) is 18.2 Å². The minimum Gasteiger partial charge on any atom is -0.351 e. The average molecular weight is 585 g/mol. The van der Waals surface area contributed by atoms with Crippen molar-refractivity contribution in [3.63, 3.8) is 0 Å². The standard InChI is InChI=1S/C22H25FIN5O3S/c1-22(2)10-13-16(18(30)25-5-7-29-8-6-26-21(29)32)20(33-17(13)19(31)27-11-22)28-15-4-3-12(24)9-14(15)23/h3-4,9,28H,5-8,10-11H2,1-2H3,(H,25,30)(H,26,32)(H,27,31). The Morgan fingerprint density at radius 2 is 2.09 bits per heavy atom. The summed E-state index contributed by atoms with van der Waals surface area (Å²) in [5.74, 6) is -1.04. The first-order valence-electron chi connectivity index (χ1n) is 10.6. The lowest BCUT2D eigenvalue weighted by molar-refractivity contribution is 0.0944. The number of halogens is 2. The molecule has 0 bridgehead atoms.